The molecule has 1 aliphatic rings. The molecule has 4 heteroatoms. The van der Waals surface area contributed by atoms with Crippen molar-refractivity contribution in [1.29, 1.82) is 0 Å². The van der Waals surface area contributed by atoms with Crippen molar-refractivity contribution < 1.29 is 4.39 Å². The highest BCUT2D eigenvalue weighted by atomic mass is 79.9. The van der Waals surface area contributed by atoms with E-state index in [1.54, 1.807) is 12.4 Å². The number of hydrogen-bond acceptors (Lipinski definition) is 1. The fourth-order valence-electron chi connectivity index (χ4n) is 1.69. The SMILES string of the molecule is Fc1ccc2ncn(C3CC3)c2c1Br. The van der Waals surface area contributed by atoms with Crippen molar-refractivity contribution in [3.63, 3.8) is 0 Å². The summed E-state index contributed by atoms with van der Waals surface area (Å²) in [7, 11) is 0. The van der Waals surface area contributed by atoms with Crippen molar-refractivity contribution >= 4 is 27.0 Å². The van der Waals surface area contributed by atoms with E-state index >= 15 is 0 Å². The molecule has 2 aromatic rings. The van der Waals surface area contributed by atoms with Crippen LogP contribution in [-0.2, 0) is 0 Å². The molecule has 1 aliphatic carbocycles. The van der Waals surface area contributed by atoms with Crippen molar-refractivity contribution in [2.24, 2.45) is 0 Å². The van der Waals surface area contributed by atoms with Gasteiger partial charge in [0.05, 0.1) is 21.8 Å². The van der Waals surface area contributed by atoms with Gasteiger partial charge in [-0.1, -0.05) is 0 Å². The molecule has 0 spiro atoms. The number of benzene rings is 1. The molecule has 1 fully saturated rings. The van der Waals surface area contributed by atoms with Gasteiger partial charge in [0, 0.05) is 6.04 Å². The molecule has 3 rings (SSSR count). The third-order valence-corrected chi connectivity index (χ3v) is 3.32. The third-order valence-electron chi connectivity index (χ3n) is 2.57. The summed E-state index contributed by atoms with van der Waals surface area (Å²) < 4.78 is 15.9. The number of fused-ring (bicyclic) bond motifs is 1. The Labute approximate surface area is 88.9 Å². The first kappa shape index (κ1) is 8.41. The van der Waals surface area contributed by atoms with Gasteiger partial charge in [-0.3, -0.25) is 0 Å². The van der Waals surface area contributed by atoms with Crippen molar-refractivity contribution in [2.45, 2.75) is 18.9 Å². The largest absolute Gasteiger partial charge is 0.326 e. The van der Waals surface area contributed by atoms with Crippen LogP contribution in [0.1, 0.15) is 18.9 Å². The molecule has 1 aromatic heterocycles. The van der Waals surface area contributed by atoms with E-state index in [0.29, 0.717) is 10.5 Å². The Morgan fingerprint density at radius 3 is 2.93 bits per heavy atom. The van der Waals surface area contributed by atoms with E-state index < -0.39 is 0 Å². The van der Waals surface area contributed by atoms with E-state index in [1.807, 2.05) is 0 Å². The molecule has 14 heavy (non-hydrogen) atoms. The highest BCUT2D eigenvalue weighted by Gasteiger charge is 2.26. The molecule has 0 amide bonds. The van der Waals surface area contributed by atoms with Crippen LogP contribution in [0.2, 0.25) is 0 Å². The van der Waals surface area contributed by atoms with Crippen LogP contribution in [0.5, 0.6) is 0 Å². The number of imidazole rings is 1. The van der Waals surface area contributed by atoms with Crippen molar-refractivity contribution in [1.82, 2.24) is 9.55 Å². The first-order valence-corrected chi connectivity index (χ1v) is 5.37. The van der Waals surface area contributed by atoms with E-state index in [0.717, 1.165) is 11.0 Å². The zero-order valence-electron chi connectivity index (χ0n) is 7.37. The summed E-state index contributed by atoms with van der Waals surface area (Å²) in [4.78, 5) is 4.25. The average molecular weight is 255 g/mol. The van der Waals surface area contributed by atoms with Gasteiger partial charge in [-0.05, 0) is 40.9 Å². The molecule has 0 radical (unpaired) electrons. The lowest BCUT2D eigenvalue weighted by atomic mass is 10.3. The molecular formula is C10H8BrFN2. The number of rotatable bonds is 1. The minimum absolute atomic E-state index is 0.222. The van der Waals surface area contributed by atoms with Crippen LogP contribution in [0.4, 0.5) is 4.39 Å². The minimum atomic E-state index is -0.222. The summed E-state index contributed by atoms with van der Waals surface area (Å²) in [6, 6.07) is 3.68. The van der Waals surface area contributed by atoms with Gasteiger partial charge in [-0.25, -0.2) is 9.37 Å². The second kappa shape index (κ2) is 2.79. The van der Waals surface area contributed by atoms with Crippen molar-refractivity contribution in [2.75, 3.05) is 0 Å². The Hall–Kier alpha value is -0.900. The molecule has 1 saturated carbocycles. The van der Waals surface area contributed by atoms with E-state index in [4.69, 9.17) is 0 Å². The normalized spacial score (nSPS) is 16.4. The van der Waals surface area contributed by atoms with Crippen LogP contribution in [0, 0.1) is 5.82 Å². The van der Waals surface area contributed by atoms with E-state index in [9.17, 15) is 4.39 Å². The molecule has 2 nitrogen and oxygen atoms in total. The van der Waals surface area contributed by atoms with E-state index in [2.05, 4.69) is 25.5 Å². The predicted octanol–water partition coefficient (Wildman–Crippen LogP) is 3.27. The molecule has 0 saturated heterocycles. The van der Waals surface area contributed by atoms with Gasteiger partial charge in [0.15, 0.2) is 0 Å². The maximum absolute atomic E-state index is 13.3. The topological polar surface area (TPSA) is 17.8 Å². The first-order chi connectivity index (χ1) is 6.77. The van der Waals surface area contributed by atoms with E-state index in [1.165, 1.54) is 18.9 Å². The minimum Gasteiger partial charge on any atom is -0.326 e. The Kier molecular flexibility index (Phi) is 1.68. The average Bonchev–Trinajstić information content (AvgIpc) is 2.93. The van der Waals surface area contributed by atoms with Gasteiger partial charge in [-0.2, -0.15) is 0 Å². The molecule has 1 aromatic carbocycles. The van der Waals surface area contributed by atoms with Crippen LogP contribution < -0.4 is 0 Å². The molecule has 0 bridgehead atoms. The fraction of sp³-hybridized carbons (Fsp3) is 0.300. The van der Waals surface area contributed by atoms with Crippen molar-refractivity contribution in [3.05, 3.63) is 28.7 Å². The zero-order valence-corrected chi connectivity index (χ0v) is 8.96. The molecule has 0 unspecified atom stereocenters. The van der Waals surface area contributed by atoms with Gasteiger partial charge in [-0.15, -0.1) is 0 Å². The molecule has 0 N–H and O–H groups in total. The second-order valence-electron chi connectivity index (χ2n) is 3.61. The van der Waals surface area contributed by atoms with Crippen LogP contribution in [0.15, 0.2) is 22.9 Å². The monoisotopic (exact) mass is 254 g/mol. The predicted molar refractivity (Wildman–Crippen MR) is 55.7 cm³/mol. The van der Waals surface area contributed by atoms with Crippen LogP contribution in [0.3, 0.4) is 0 Å². The molecule has 72 valence electrons. The Morgan fingerprint density at radius 1 is 1.43 bits per heavy atom. The number of aromatic nitrogens is 2. The number of hydrogen-bond donors (Lipinski definition) is 0. The first-order valence-electron chi connectivity index (χ1n) is 4.58. The maximum atomic E-state index is 13.3. The highest BCUT2D eigenvalue weighted by Crippen LogP contribution is 2.39. The summed E-state index contributed by atoms with van der Waals surface area (Å²) in [5, 5.41) is 0. The summed E-state index contributed by atoms with van der Waals surface area (Å²) in [5.74, 6) is -0.222. The summed E-state index contributed by atoms with van der Waals surface area (Å²) in [5.41, 5.74) is 1.73. The van der Waals surface area contributed by atoms with E-state index in [-0.39, 0.29) is 5.82 Å². The lowest BCUT2D eigenvalue weighted by Gasteiger charge is -2.03. The molecule has 0 atom stereocenters. The third kappa shape index (κ3) is 1.10. The Bertz CT molecular complexity index is 502. The quantitative estimate of drug-likeness (QED) is 0.764. The highest BCUT2D eigenvalue weighted by molar-refractivity contribution is 9.10. The van der Waals surface area contributed by atoms with Crippen LogP contribution in [-0.4, -0.2) is 9.55 Å². The van der Waals surface area contributed by atoms with Crippen molar-refractivity contribution in [3.8, 4) is 0 Å². The van der Waals surface area contributed by atoms with Gasteiger partial charge < -0.3 is 4.57 Å². The fourth-order valence-corrected chi connectivity index (χ4v) is 2.23. The molecular weight excluding hydrogens is 247 g/mol. The molecule has 0 aliphatic heterocycles. The lowest BCUT2D eigenvalue weighted by molar-refractivity contribution is 0.621. The van der Waals surface area contributed by atoms with Gasteiger partial charge in [0.25, 0.3) is 0 Å². The Balaban J connectivity index is 2.36. The number of nitrogens with zero attached hydrogens (tertiary/aromatic N) is 2. The van der Waals surface area contributed by atoms with Gasteiger partial charge in [0.1, 0.15) is 5.82 Å². The number of halogens is 2. The zero-order chi connectivity index (χ0) is 9.71. The smallest absolute Gasteiger partial charge is 0.139 e. The lowest BCUT2D eigenvalue weighted by Crippen LogP contribution is -1.92. The standard InChI is InChI=1S/C10H8BrFN2/c11-9-7(12)3-4-8-10(9)14(5-13-8)6-1-2-6/h3-6H,1-2H2. The van der Waals surface area contributed by atoms with Crippen LogP contribution in [0.25, 0.3) is 11.0 Å². The Morgan fingerprint density at radius 2 is 2.21 bits per heavy atom. The summed E-state index contributed by atoms with van der Waals surface area (Å²) >= 11 is 3.27. The van der Waals surface area contributed by atoms with Gasteiger partial charge in [0.2, 0.25) is 0 Å². The maximum Gasteiger partial charge on any atom is 0.139 e. The van der Waals surface area contributed by atoms with Crippen LogP contribution >= 0.6 is 15.9 Å². The van der Waals surface area contributed by atoms with Gasteiger partial charge >= 0.3 is 0 Å². The summed E-state index contributed by atoms with van der Waals surface area (Å²) in [6.07, 6.45) is 4.15. The second-order valence-corrected chi connectivity index (χ2v) is 4.41. The summed E-state index contributed by atoms with van der Waals surface area (Å²) in [6.45, 7) is 0. The molecule has 1 heterocycles.